The molecule has 1 aromatic heterocycles. The first kappa shape index (κ1) is 13.7. The highest BCUT2D eigenvalue weighted by atomic mass is 32.2. The molecule has 2 heteroatoms. The van der Waals surface area contributed by atoms with E-state index in [2.05, 4.69) is 44.2 Å². The number of hydrogen-bond donors (Lipinski definition) is 0. The van der Waals surface area contributed by atoms with E-state index in [1.54, 1.807) is 0 Å². The fraction of sp³-hybridized carbons (Fsp3) is 0.562. The minimum absolute atomic E-state index is 0.492. The van der Waals surface area contributed by atoms with E-state index >= 15 is 0 Å². The first-order chi connectivity index (χ1) is 8.61. The largest absolute Gasteiger partial charge is 0.260 e. The molecule has 1 aromatic rings. The van der Waals surface area contributed by atoms with Gasteiger partial charge in [0.1, 0.15) is 0 Å². The minimum atomic E-state index is 0.492. The van der Waals surface area contributed by atoms with Crippen molar-refractivity contribution in [2.75, 3.05) is 5.75 Å². The zero-order valence-electron chi connectivity index (χ0n) is 11.9. The summed E-state index contributed by atoms with van der Waals surface area (Å²) in [5, 5.41) is 2.37. The summed E-state index contributed by atoms with van der Waals surface area (Å²) in [7, 11) is 0. The second-order valence-electron chi connectivity index (χ2n) is 5.59. The molecule has 1 aliphatic rings. The highest BCUT2D eigenvalue weighted by Gasteiger charge is 2.19. The van der Waals surface area contributed by atoms with E-state index in [1.807, 2.05) is 18.0 Å². The summed E-state index contributed by atoms with van der Waals surface area (Å²) in [5.74, 6) is 2.29. The smallest absolute Gasteiger partial charge is 0.0507 e. The fourth-order valence-electron chi connectivity index (χ4n) is 2.48. The number of hydrogen-bond acceptors (Lipinski definition) is 2. The third-order valence-corrected chi connectivity index (χ3v) is 4.39. The zero-order valence-corrected chi connectivity index (χ0v) is 12.7. The maximum absolute atomic E-state index is 4.65. The summed E-state index contributed by atoms with van der Waals surface area (Å²) >= 11 is 1.96. The Bertz CT molecular complexity index is 446. The lowest BCUT2D eigenvalue weighted by molar-refractivity contribution is 0.787. The second-order valence-corrected chi connectivity index (χ2v) is 6.56. The lowest BCUT2D eigenvalue weighted by atomic mass is 9.87. The molecule has 0 radical (unpaired) electrons. The Morgan fingerprint density at radius 3 is 2.61 bits per heavy atom. The van der Waals surface area contributed by atoms with Crippen molar-refractivity contribution in [2.45, 2.75) is 46.5 Å². The van der Waals surface area contributed by atoms with Crippen molar-refractivity contribution < 1.29 is 0 Å². The van der Waals surface area contributed by atoms with Gasteiger partial charge >= 0.3 is 0 Å². The van der Waals surface area contributed by atoms with Crippen LogP contribution in [-0.4, -0.2) is 10.7 Å². The van der Waals surface area contributed by atoms with E-state index in [0.717, 1.165) is 0 Å². The topological polar surface area (TPSA) is 12.9 Å². The monoisotopic (exact) mass is 261 g/mol. The average Bonchev–Trinajstić information content (AvgIpc) is 2.28. The van der Waals surface area contributed by atoms with Gasteiger partial charge in [0.15, 0.2) is 0 Å². The number of aryl methyl sites for hydroxylation is 1. The fourth-order valence-corrected chi connectivity index (χ4v) is 3.48. The van der Waals surface area contributed by atoms with Gasteiger partial charge in [-0.3, -0.25) is 4.98 Å². The van der Waals surface area contributed by atoms with Crippen molar-refractivity contribution in [1.82, 2.24) is 4.98 Å². The molecule has 0 fully saturated rings. The van der Waals surface area contributed by atoms with Crippen LogP contribution in [0.15, 0.2) is 17.7 Å². The Hall–Kier alpha value is -0.760. The van der Waals surface area contributed by atoms with Crippen LogP contribution in [0.5, 0.6) is 0 Å². The van der Waals surface area contributed by atoms with Crippen LogP contribution in [0.3, 0.4) is 0 Å². The maximum atomic E-state index is 4.65. The van der Waals surface area contributed by atoms with Gasteiger partial charge in [-0.1, -0.05) is 27.7 Å². The number of rotatable bonds is 2. The van der Waals surface area contributed by atoms with E-state index in [0.29, 0.717) is 11.8 Å². The van der Waals surface area contributed by atoms with E-state index in [-0.39, 0.29) is 0 Å². The quantitative estimate of drug-likeness (QED) is 0.752. The van der Waals surface area contributed by atoms with Gasteiger partial charge < -0.3 is 0 Å². The Labute approximate surface area is 115 Å². The Balaban J connectivity index is 2.60. The van der Waals surface area contributed by atoms with Crippen LogP contribution in [0.25, 0.3) is 5.57 Å². The Kier molecular flexibility index (Phi) is 4.50. The summed E-state index contributed by atoms with van der Waals surface area (Å²) in [6.45, 7) is 9.06. The molecule has 0 bridgehead atoms. The molecule has 0 aromatic carbocycles. The molecule has 0 spiro atoms. The van der Waals surface area contributed by atoms with Gasteiger partial charge in [0.2, 0.25) is 0 Å². The van der Waals surface area contributed by atoms with E-state index in [4.69, 9.17) is 0 Å². The number of fused-ring (bicyclic) bond motifs is 1. The Morgan fingerprint density at radius 2 is 1.94 bits per heavy atom. The number of pyridine rings is 1. The third-order valence-electron chi connectivity index (χ3n) is 3.44. The molecule has 0 aliphatic carbocycles. The van der Waals surface area contributed by atoms with Crippen molar-refractivity contribution in [2.24, 2.45) is 5.92 Å². The van der Waals surface area contributed by atoms with Crippen molar-refractivity contribution in [3.8, 4) is 0 Å². The standard InChI is InChI=1S/C16H23NS/c1-11(2)14-10-18-9-5-6-13-7-8-17-16(12(3)4)15(13)14/h7-8,10-12H,5-6,9H2,1-4H3/b14-10-. The number of thioether (sulfide) groups is 1. The maximum Gasteiger partial charge on any atom is 0.0507 e. The van der Waals surface area contributed by atoms with E-state index in [1.165, 1.54) is 41.0 Å². The van der Waals surface area contributed by atoms with Gasteiger partial charge in [-0.05, 0) is 53.0 Å². The molecule has 1 aliphatic heterocycles. The van der Waals surface area contributed by atoms with Gasteiger partial charge in [-0.25, -0.2) is 0 Å². The molecular weight excluding hydrogens is 238 g/mol. The SMILES string of the molecule is CC(C)/C1=C/SCCCc2ccnc(C(C)C)c21. The lowest BCUT2D eigenvalue weighted by Crippen LogP contribution is -2.09. The molecule has 2 rings (SSSR count). The molecule has 0 saturated carbocycles. The molecule has 0 unspecified atom stereocenters. The third kappa shape index (κ3) is 2.80. The van der Waals surface area contributed by atoms with E-state index in [9.17, 15) is 0 Å². The van der Waals surface area contributed by atoms with Crippen LogP contribution >= 0.6 is 11.8 Å². The zero-order chi connectivity index (χ0) is 13.1. The first-order valence-electron chi connectivity index (χ1n) is 6.91. The number of nitrogens with zero attached hydrogens (tertiary/aromatic N) is 1. The van der Waals surface area contributed by atoms with Crippen LogP contribution in [0.1, 0.15) is 56.9 Å². The first-order valence-corrected chi connectivity index (χ1v) is 7.96. The van der Waals surface area contributed by atoms with Crippen molar-refractivity contribution in [3.05, 3.63) is 34.5 Å². The highest BCUT2D eigenvalue weighted by Crippen LogP contribution is 2.35. The summed E-state index contributed by atoms with van der Waals surface area (Å²) in [6.07, 6.45) is 4.44. The minimum Gasteiger partial charge on any atom is -0.260 e. The van der Waals surface area contributed by atoms with Crippen LogP contribution in [0.2, 0.25) is 0 Å². The number of aromatic nitrogens is 1. The van der Waals surface area contributed by atoms with Gasteiger partial charge in [-0.15, -0.1) is 11.8 Å². The van der Waals surface area contributed by atoms with Crippen molar-refractivity contribution in [3.63, 3.8) is 0 Å². The second kappa shape index (κ2) is 5.92. The summed E-state index contributed by atoms with van der Waals surface area (Å²) < 4.78 is 0. The predicted octanol–water partition coefficient (Wildman–Crippen LogP) is 4.88. The van der Waals surface area contributed by atoms with Crippen LogP contribution in [0, 0.1) is 5.92 Å². The number of allylic oxidation sites excluding steroid dienone is 1. The van der Waals surface area contributed by atoms with Crippen molar-refractivity contribution in [1.29, 1.82) is 0 Å². The van der Waals surface area contributed by atoms with Gasteiger partial charge in [0, 0.05) is 11.8 Å². The molecule has 18 heavy (non-hydrogen) atoms. The molecule has 0 amide bonds. The summed E-state index contributed by atoms with van der Waals surface area (Å²) in [4.78, 5) is 4.65. The molecule has 0 atom stereocenters. The van der Waals surface area contributed by atoms with Crippen LogP contribution < -0.4 is 0 Å². The molecule has 2 heterocycles. The highest BCUT2D eigenvalue weighted by molar-refractivity contribution is 8.02. The summed E-state index contributed by atoms with van der Waals surface area (Å²) in [5.41, 5.74) is 5.69. The van der Waals surface area contributed by atoms with Crippen molar-refractivity contribution >= 4 is 17.3 Å². The van der Waals surface area contributed by atoms with Gasteiger partial charge in [-0.2, -0.15) is 0 Å². The van der Waals surface area contributed by atoms with Gasteiger partial charge in [0.25, 0.3) is 0 Å². The summed E-state index contributed by atoms with van der Waals surface area (Å²) in [6, 6.07) is 2.22. The normalized spacial score (nSPS) is 19.1. The van der Waals surface area contributed by atoms with Gasteiger partial charge in [0.05, 0.1) is 5.69 Å². The van der Waals surface area contributed by atoms with Crippen LogP contribution in [-0.2, 0) is 6.42 Å². The molecular formula is C16H23NS. The molecule has 0 N–H and O–H groups in total. The molecule has 1 nitrogen and oxygen atoms in total. The lowest BCUT2D eigenvalue weighted by Gasteiger charge is -2.22. The Morgan fingerprint density at radius 1 is 1.17 bits per heavy atom. The predicted molar refractivity (Wildman–Crippen MR) is 81.9 cm³/mol. The molecule has 98 valence electrons. The average molecular weight is 261 g/mol. The van der Waals surface area contributed by atoms with E-state index < -0.39 is 0 Å². The van der Waals surface area contributed by atoms with Crippen LogP contribution in [0.4, 0.5) is 0 Å². The molecule has 0 saturated heterocycles.